The number of rotatable bonds is 6. The van der Waals surface area contributed by atoms with Crippen molar-refractivity contribution in [2.75, 3.05) is 13.7 Å². The van der Waals surface area contributed by atoms with E-state index in [1.165, 1.54) is 24.7 Å². The normalized spacial score (nSPS) is 20.8. The van der Waals surface area contributed by atoms with Gasteiger partial charge in [-0.1, -0.05) is 6.07 Å². The van der Waals surface area contributed by atoms with Gasteiger partial charge in [0.25, 0.3) is 11.8 Å². The molecule has 1 atom stereocenters. The molecular formula is C21H20N4O4S. The maximum atomic E-state index is 13.0. The summed E-state index contributed by atoms with van der Waals surface area (Å²) in [5.41, 5.74) is 0.611. The number of imide groups is 1. The van der Waals surface area contributed by atoms with Gasteiger partial charge in [-0.15, -0.1) is 11.3 Å². The summed E-state index contributed by atoms with van der Waals surface area (Å²) in [6.07, 6.45) is 3.06. The standard InChI is InChI=1S/C21H20N4O4S/c1-12(7-15-5-6-16(9-22)30-15)21(19(27)23-20(28)24-21)11-25-10-13-3-4-14(29-2)8-17(13)18(25)26/h3-9,22H,10-11H2,1-2H3,(H2,23,24,27,28)/b12-7+,22-9?/t21-/m0/s1. The molecule has 0 saturated carbocycles. The first-order chi connectivity index (χ1) is 14.4. The van der Waals surface area contributed by atoms with Gasteiger partial charge in [0.2, 0.25) is 0 Å². The van der Waals surface area contributed by atoms with Crippen molar-refractivity contribution in [1.29, 1.82) is 5.41 Å². The van der Waals surface area contributed by atoms with E-state index in [0.29, 0.717) is 23.4 Å². The molecule has 154 valence electrons. The summed E-state index contributed by atoms with van der Waals surface area (Å²) >= 11 is 1.40. The SMILES string of the molecule is COc1ccc2c(c1)C(=O)N(C[C@@]1(/C(C)=C/c3ccc(C=N)s3)NC(=O)NC1=O)C2. The number of hydrogen-bond donors (Lipinski definition) is 3. The van der Waals surface area contributed by atoms with Crippen LogP contribution in [0.15, 0.2) is 35.9 Å². The van der Waals surface area contributed by atoms with Crippen LogP contribution in [0.25, 0.3) is 6.08 Å². The van der Waals surface area contributed by atoms with Gasteiger partial charge in [0.1, 0.15) is 5.75 Å². The molecule has 2 aromatic rings. The number of thiophene rings is 1. The highest BCUT2D eigenvalue weighted by atomic mass is 32.1. The maximum absolute atomic E-state index is 13.0. The average molecular weight is 424 g/mol. The molecule has 0 spiro atoms. The summed E-state index contributed by atoms with van der Waals surface area (Å²) in [7, 11) is 1.54. The van der Waals surface area contributed by atoms with Gasteiger partial charge in [0, 0.05) is 28.1 Å². The molecule has 0 unspecified atom stereocenters. The molecule has 0 radical (unpaired) electrons. The highest BCUT2D eigenvalue weighted by molar-refractivity contribution is 7.14. The summed E-state index contributed by atoms with van der Waals surface area (Å²) in [6, 6.07) is 8.37. The van der Waals surface area contributed by atoms with Crippen LogP contribution in [-0.4, -0.2) is 48.2 Å². The first kappa shape index (κ1) is 19.8. The van der Waals surface area contributed by atoms with E-state index < -0.39 is 17.5 Å². The Morgan fingerprint density at radius 2 is 2.03 bits per heavy atom. The number of carbonyl (C=O) groups excluding carboxylic acids is 3. The second-order valence-electron chi connectivity index (χ2n) is 7.21. The van der Waals surface area contributed by atoms with Gasteiger partial charge < -0.3 is 20.4 Å². The highest BCUT2D eigenvalue weighted by Crippen LogP contribution is 2.32. The van der Waals surface area contributed by atoms with Crippen molar-refractivity contribution in [3.05, 3.63) is 56.8 Å². The van der Waals surface area contributed by atoms with Crippen LogP contribution in [-0.2, 0) is 11.3 Å². The van der Waals surface area contributed by atoms with Crippen molar-refractivity contribution in [3.63, 3.8) is 0 Å². The summed E-state index contributed by atoms with van der Waals surface area (Å²) in [5.74, 6) is -0.125. The Balaban J connectivity index is 1.67. The monoisotopic (exact) mass is 424 g/mol. The van der Waals surface area contributed by atoms with Crippen LogP contribution in [0.2, 0.25) is 0 Å². The van der Waals surface area contributed by atoms with E-state index in [9.17, 15) is 14.4 Å². The van der Waals surface area contributed by atoms with Gasteiger partial charge in [-0.3, -0.25) is 14.9 Å². The molecule has 30 heavy (non-hydrogen) atoms. The average Bonchev–Trinajstić information content (AvgIpc) is 3.39. The number of ether oxygens (including phenoxy) is 1. The van der Waals surface area contributed by atoms with E-state index in [1.54, 1.807) is 30.0 Å². The molecule has 9 heteroatoms. The molecule has 2 aliphatic rings. The van der Waals surface area contributed by atoms with Crippen molar-refractivity contribution in [2.45, 2.75) is 19.0 Å². The number of fused-ring (bicyclic) bond motifs is 1. The van der Waals surface area contributed by atoms with Gasteiger partial charge in [0.05, 0.1) is 13.7 Å². The molecule has 1 aromatic heterocycles. The van der Waals surface area contributed by atoms with Gasteiger partial charge in [-0.25, -0.2) is 4.79 Å². The van der Waals surface area contributed by atoms with Crippen molar-refractivity contribution >= 4 is 41.5 Å². The van der Waals surface area contributed by atoms with Gasteiger partial charge in [-0.05, 0) is 48.4 Å². The zero-order valence-corrected chi connectivity index (χ0v) is 17.3. The van der Waals surface area contributed by atoms with Crippen LogP contribution in [0.4, 0.5) is 4.79 Å². The number of carbonyl (C=O) groups is 3. The lowest BCUT2D eigenvalue weighted by Gasteiger charge is -2.31. The summed E-state index contributed by atoms with van der Waals surface area (Å²) in [5, 5.41) is 12.4. The van der Waals surface area contributed by atoms with Gasteiger partial charge in [-0.2, -0.15) is 0 Å². The second kappa shape index (κ2) is 7.42. The number of nitrogens with zero attached hydrogens (tertiary/aromatic N) is 1. The number of nitrogens with one attached hydrogen (secondary N) is 3. The minimum absolute atomic E-state index is 0.00549. The molecule has 4 rings (SSSR count). The number of urea groups is 1. The molecule has 3 N–H and O–H groups in total. The third-order valence-electron chi connectivity index (χ3n) is 5.39. The van der Waals surface area contributed by atoms with Crippen molar-refractivity contribution < 1.29 is 19.1 Å². The molecule has 4 amide bonds. The first-order valence-corrected chi connectivity index (χ1v) is 10.1. The van der Waals surface area contributed by atoms with Crippen LogP contribution >= 0.6 is 11.3 Å². The third kappa shape index (κ3) is 3.26. The minimum Gasteiger partial charge on any atom is -0.497 e. The Morgan fingerprint density at radius 3 is 2.67 bits per heavy atom. The largest absolute Gasteiger partial charge is 0.497 e. The molecule has 1 saturated heterocycles. The lowest BCUT2D eigenvalue weighted by atomic mass is 9.89. The van der Waals surface area contributed by atoms with Crippen molar-refractivity contribution in [2.24, 2.45) is 0 Å². The van der Waals surface area contributed by atoms with Crippen molar-refractivity contribution in [1.82, 2.24) is 15.5 Å². The van der Waals surface area contributed by atoms with E-state index in [0.717, 1.165) is 15.3 Å². The number of methoxy groups -OCH3 is 1. The fraction of sp³-hybridized carbons (Fsp3) is 0.238. The minimum atomic E-state index is -1.37. The Morgan fingerprint density at radius 1 is 1.27 bits per heavy atom. The van der Waals surface area contributed by atoms with Crippen LogP contribution in [0.5, 0.6) is 5.75 Å². The molecule has 8 nitrogen and oxygen atoms in total. The Labute approximate surface area is 177 Å². The molecule has 1 aromatic carbocycles. The third-order valence-corrected chi connectivity index (χ3v) is 6.37. The molecule has 2 aliphatic heterocycles. The van der Waals surface area contributed by atoms with Crippen molar-refractivity contribution in [3.8, 4) is 5.75 Å². The summed E-state index contributed by atoms with van der Waals surface area (Å²) in [4.78, 5) is 41.0. The van der Waals surface area contributed by atoms with Gasteiger partial charge >= 0.3 is 6.03 Å². The zero-order chi connectivity index (χ0) is 21.5. The quantitative estimate of drug-likeness (QED) is 0.488. The van der Waals surface area contributed by atoms with Crippen LogP contribution in [0, 0.1) is 5.41 Å². The van der Waals surface area contributed by atoms with E-state index in [-0.39, 0.29) is 12.5 Å². The zero-order valence-electron chi connectivity index (χ0n) is 16.4. The predicted octanol–water partition coefficient (Wildman–Crippen LogP) is 2.39. The maximum Gasteiger partial charge on any atom is 0.322 e. The molecule has 0 aliphatic carbocycles. The molecular weight excluding hydrogens is 404 g/mol. The molecule has 0 bridgehead atoms. The fourth-order valence-electron chi connectivity index (χ4n) is 3.75. The van der Waals surface area contributed by atoms with E-state index in [4.69, 9.17) is 10.1 Å². The van der Waals surface area contributed by atoms with E-state index in [2.05, 4.69) is 10.6 Å². The number of hydrogen-bond acceptors (Lipinski definition) is 6. The lowest BCUT2D eigenvalue weighted by Crippen LogP contribution is -2.56. The lowest BCUT2D eigenvalue weighted by molar-refractivity contribution is -0.123. The molecule has 1 fully saturated rings. The molecule has 3 heterocycles. The van der Waals surface area contributed by atoms with Crippen LogP contribution in [0.3, 0.4) is 0 Å². The van der Waals surface area contributed by atoms with Crippen LogP contribution < -0.4 is 15.4 Å². The smallest absolute Gasteiger partial charge is 0.322 e. The number of benzene rings is 1. The second-order valence-corrected chi connectivity index (χ2v) is 8.36. The topological polar surface area (TPSA) is 112 Å². The number of amides is 4. The van der Waals surface area contributed by atoms with Gasteiger partial charge in [0.15, 0.2) is 5.54 Å². The van der Waals surface area contributed by atoms with Crippen LogP contribution in [0.1, 0.15) is 32.6 Å². The Bertz CT molecular complexity index is 1110. The van der Waals surface area contributed by atoms with E-state index in [1.807, 2.05) is 18.2 Å². The van der Waals surface area contributed by atoms with E-state index >= 15 is 0 Å². The summed E-state index contributed by atoms with van der Waals surface area (Å²) < 4.78 is 5.21. The Hall–Kier alpha value is -3.46. The fourth-order valence-corrected chi connectivity index (χ4v) is 4.59. The summed E-state index contributed by atoms with van der Waals surface area (Å²) in [6.45, 7) is 2.10. The highest BCUT2D eigenvalue weighted by Gasteiger charge is 2.50. The Kier molecular flexibility index (Phi) is 4.90. The predicted molar refractivity (Wildman–Crippen MR) is 113 cm³/mol. The first-order valence-electron chi connectivity index (χ1n) is 9.25.